The minimum absolute atomic E-state index is 0.00667. The van der Waals surface area contributed by atoms with E-state index in [-0.39, 0.29) is 17.1 Å². The number of sulfone groups is 1. The van der Waals surface area contributed by atoms with Crippen LogP contribution in [0.5, 0.6) is 0 Å². The predicted octanol–water partition coefficient (Wildman–Crippen LogP) is 1.09. The molecule has 6 nitrogen and oxygen atoms in total. The van der Waals surface area contributed by atoms with Gasteiger partial charge in [0.15, 0.2) is 16.4 Å². The molecule has 1 aromatic rings. The summed E-state index contributed by atoms with van der Waals surface area (Å²) in [6.45, 7) is -0.617. The maximum absolute atomic E-state index is 12.6. The molecule has 1 aromatic carbocycles. The number of esters is 1. The van der Waals surface area contributed by atoms with Crippen molar-refractivity contribution < 1.29 is 35.9 Å². The van der Waals surface area contributed by atoms with Gasteiger partial charge in [-0.1, -0.05) is 18.2 Å². The Morgan fingerprint density at radius 2 is 2.00 bits per heavy atom. The fourth-order valence-corrected chi connectivity index (χ4v) is 4.07. The molecule has 0 radical (unpaired) electrons. The van der Waals surface area contributed by atoms with Gasteiger partial charge in [-0.05, 0) is 18.1 Å². The van der Waals surface area contributed by atoms with Crippen molar-refractivity contribution in [3.8, 4) is 0 Å². The maximum Gasteiger partial charge on any atom is 0.416 e. The Morgan fingerprint density at radius 1 is 1.28 bits per heavy atom. The average Bonchev–Trinajstić information content (AvgIpc) is 2.83. The molecular weight excluding hydrogens is 363 g/mol. The summed E-state index contributed by atoms with van der Waals surface area (Å²) in [6, 6.07) is 3.74. The molecule has 1 aliphatic rings. The molecule has 0 bridgehead atoms. The summed E-state index contributed by atoms with van der Waals surface area (Å²) in [5, 5.41) is 2.44. The highest BCUT2D eigenvalue weighted by Gasteiger charge is 2.31. The number of amides is 1. The van der Waals surface area contributed by atoms with Crippen molar-refractivity contribution in [3.05, 3.63) is 35.4 Å². The molecule has 10 heteroatoms. The Bertz CT molecular complexity index is 761. The van der Waals surface area contributed by atoms with E-state index in [1.165, 1.54) is 12.1 Å². The van der Waals surface area contributed by atoms with E-state index in [0.717, 1.165) is 12.1 Å². The molecule has 1 atom stereocenters. The first-order valence-electron chi connectivity index (χ1n) is 7.37. The normalized spacial score (nSPS) is 19.4. The molecule has 0 spiro atoms. The molecule has 25 heavy (non-hydrogen) atoms. The van der Waals surface area contributed by atoms with E-state index in [9.17, 15) is 31.2 Å². The van der Waals surface area contributed by atoms with Crippen LogP contribution in [0.2, 0.25) is 0 Å². The lowest BCUT2D eigenvalue weighted by molar-refractivity contribution is -0.148. The second kappa shape index (κ2) is 7.42. The fourth-order valence-electron chi connectivity index (χ4n) is 2.40. The average molecular weight is 379 g/mol. The van der Waals surface area contributed by atoms with Crippen molar-refractivity contribution in [1.29, 1.82) is 0 Å². The standard InChI is InChI=1S/C15H16F3NO5S/c16-15(17,18)11-3-1-2-10(6-11)7-14(21)24-8-13(20)19-12-4-5-25(22,23)9-12/h1-3,6,12H,4-5,7-9H2,(H,19,20)/t12-/m1/s1. The van der Waals surface area contributed by atoms with Gasteiger partial charge in [0.25, 0.3) is 5.91 Å². The summed E-state index contributed by atoms with van der Waals surface area (Å²) >= 11 is 0. The highest BCUT2D eigenvalue weighted by atomic mass is 32.2. The molecule has 1 saturated heterocycles. The van der Waals surface area contributed by atoms with Crippen LogP contribution in [0.3, 0.4) is 0 Å². The van der Waals surface area contributed by atoms with Crippen LogP contribution < -0.4 is 5.32 Å². The Kier molecular flexibility index (Phi) is 5.71. The number of benzene rings is 1. The van der Waals surface area contributed by atoms with E-state index in [2.05, 4.69) is 5.32 Å². The Labute approximate surface area is 142 Å². The van der Waals surface area contributed by atoms with Crippen LogP contribution >= 0.6 is 0 Å². The smallest absolute Gasteiger partial charge is 0.416 e. The molecule has 0 saturated carbocycles. The monoisotopic (exact) mass is 379 g/mol. The van der Waals surface area contributed by atoms with Gasteiger partial charge in [0.05, 0.1) is 23.5 Å². The van der Waals surface area contributed by atoms with Gasteiger partial charge in [0, 0.05) is 6.04 Å². The molecule has 1 heterocycles. The van der Waals surface area contributed by atoms with Crippen LogP contribution in [0.1, 0.15) is 17.5 Å². The molecule has 0 aromatic heterocycles. The maximum atomic E-state index is 12.6. The van der Waals surface area contributed by atoms with Gasteiger partial charge in [0.2, 0.25) is 0 Å². The number of alkyl halides is 3. The van der Waals surface area contributed by atoms with Gasteiger partial charge in [-0.15, -0.1) is 0 Å². The van der Waals surface area contributed by atoms with E-state index in [4.69, 9.17) is 4.74 Å². The number of hydrogen-bond donors (Lipinski definition) is 1. The molecule has 138 valence electrons. The number of carbonyl (C=O) groups excluding carboxylic acids is 2. The van der Waals surface area contributed by atoms with Gasteiger partial charge in [-0.2, -0.15) is 13.2 Å². The van der Waals surface area contributed by atoms with Gasteiger partial charge >= 0.3 is 12.1 Å². The number of nitrogens with one attached hydrogen (secondary N) is 1. The molecule has 1 aliphatic heterocycles. The van der Waals surface area contributed by atoms with Crippen molar-refractivity contribution in [2.24, 2.45) is 0 Å². The molecule has 1 N–H and O–H groups in total. The molecule has 0 aliphatic carbocycles. The molecule has 1 amide bonds. The summed E-state index contributed by atoms with van der Waals surface area (Å²) in [6.07, 6.45) is -4.62. The molecule has 2 rings (SSSR count). The summed E-state index contributed by atoms with van der Waals surface area (Å²) in [5.41, 5.74) is -0.764. The second-order valence-corrected chi connectivity index (χ2v) is 7.93. The molecular formula is C15H16F3NO5S. The summed E-state index contributed by atoms with van der Waals surface area (Å²) in [7, 11) is -3.14. The minimum atomic E-state index is -4.51. The van der Waals surface area contributed by atoms with Crippen LogP contribution in [0.25, 0.3) is 0 Å². The SMILES string of the molecule is O=C(COC(=O)Cc1cccc(C(F)(F)F)c1)N[C@@H]1CCS(=O)(=O)C1. The highest BCUT2D eigenvalue weighted by molar-refractivity contribution is 7.91. The first-order valence-corrected chi connectivity index (χ1v) is 9.19. The van der Waals surface area contributed by atoms with E-state index < -0.39 is 52.5 Å². The Balaban J connectivity index is 1.80. The first kappa shape index (κ1) is 19.2. The van der Waals surface area contributed by atoms with Gasteiger partial charge in [-0.25, -0.2) is 8.42 Å². The lowest BCUT2D eigenvalue weighted by atomic mass is 10.1. The fraction of sp³-hybridized carbons (Fsp3) is 0.467. The number of carbonyl (C=O) groups is 2. The lowest BCUT2D eigenvalue weighted by Crippen LogP contribution is -2.38. The molecule has 0 unspecified atom stereocenters. The number of ether oxygens (including phenoxy) is 1. The largest absolute Gasteiger partial charge is 0.455 e. The Morgan fingerprint density at radius 3 is 2.60 bits per heavy atom. The minimum Gasteiger partial charge on any atom is -0.455 e. The topological polar surface area (TPSA) is 89.5 Å². The van der Waals surface area contributed by atoms with Crippen LogP contribution in [0.4, 0.5) is 13.2 Å². The van der Waals surface area contributed by atoms with Crippen LogP contribution in [0, 0.1) is 0 Å². The van der Waals surface area contributed by atoms with Crippen molar-refractivity contribution in [2.75, 3.05) is 18.1 Å². The zero-order valence-corrected chi connectivity index (χ0v) is 13.8. The van der Waals surface area contributed by atoms with E-state index >= 15 is 0 Å². The summed E-state index contributed by atoms with van der Waals surface area (Å²) < 4.78 is 65.0. The zero-order valence-electron chi connectivity index (χ0n) is 13.0. The summed E-state index contributed by atoms with van der Waals surface area (Å²) in [5.74, 6) is -1.67. The quantitative estimate of drug-likeness (QED) is 0.774. The number of rotatable bonds is 5. The predicted molar refractivity (Wildman–Crippen MR) is 81.3 cm³/mol. The first-order chi connectivity index (χ1) is 11.5. The van der Waals surface area contributed by atoms with E-state index in [1.54, 1.807) is 0 Å². The number of halogens is 3. The van der Waals surface area contributed by atoms with Crippen LogP contribution in [-0.4, -0.2) is 44.4 Å². The van der Waals surface area contributed by atoms with Crippen molar-refractivity contribution in [2.45, 2.75) is 25.1 Å². The van der Waals surface area contributed by atoms with Gasteiger partial charge in [0.1, 0.15) is 0 Å². The van der Waals surface area contributed by atoms with E-state index in [0.29, 0.717) is 6.42 Å². The Hall–Kier alpha value is -2.10. The van der Waals surface area contributed by atoms with Crippen molar-refractivity contribution >= 4 is 21.7 Å². The van der Waals surface area contributed by atoms with Gasteiger partial charge < -0.3 is 10.1 Å². The third-order valence-electron chi connectivity index (χ3n) is 3.56. The van der Waals surface area contributed by atoms with Crippen molar-refractivity contribution in [1.82, 2.24) is 5.32 Å². The third kappa shape index (κ3) is 6.04. The van der Waals surface area contributed by atoms with Gasteiger partial charge in [-0.3, -0.25) is 9.59 Å². The summed E-state index contributed by atoms with van der Waals surface area (Å²) in [4.78, 5) is 23.3. The third-order valence-corrected chi connectivity index (χ3v) is 5.33. The lowest BCUT2D eigenvalue weighted by Gasteiger charge is -2.11. The van der Waals surface area contributed by atoms with Crippen LogP contribution in [0.15, 0.2) is 24.3 Å². The van der Waals surface area contributed by atoms with E-state index in [1.807, 2.05) is 0 Å². The molecule has 1 fully saturated rings. The highest BCUT2D eigenvalue weighted by Crippen LogP contribution is 2.29. The van der Waals surface area contributed by atoms with Crippen LogP contribution in [-0.2, 0) is 36.8 Å². The number of hydrogen-bond acceptors (Lipinski definition) is 5. The zero-order chi connectivity index (χ0) is 18.7. The second-order valence-electron chi connectivity index (χ2n) is 5.70. The van der Waals surface area contributed by atoms with Crippen molar-refractivity contribution in [3.63, 3.8) is 0 Å².